The lowest BCUT2D eigenvalue weighted by molar-refractivity contribution is -0.255. The van der Waals surface area contributed by atoms with Crippen molar-refractivity contribution in [3.8, 4) is 17.2 Å². The van der Waals surface area contributed by atoms with Crippen LogP contribution in [0.5, 0.6) is 17.2 Å². The molecule has 0 unspecified atom stereocenters. The molecule has 9 nitrogen and oxygen atoms in total. The number of hydrogen-bond acceptors (Lipinski definition) is 8. The third-order valence-electron chi connectivity index (χ3n) is 5.26. The smallest absolute Gasteiger partial charge is 0.261 e. The number of nitrogens with zero attached hydrogens (tertiary/aromatic N) is 1. The van der Waals surface area contributed by atoms with Gasteiger partial charge in [-0.3, -0.25) is 4.79 Å². The van der Waals surface area contributed by atoms with E-state index in [2.05, 4.69) is 10.3 Å². The van der Waals surface area contributed by atoms with E-state index in [4.69, 9.17) is 18.6 Å². The van der Waals surface area contributed by atoms with Gasteiger partial charge in [0.2, 0.25) is 5.55 Å². The summed E-state index contributed by atoms with van der Waals surface area (Å²) in [4.78, 5) is 28.9. The lowest BCUT2D eigenvalue weighted by Gasteiger charge is -2.12. The van der Waals surface area contributed by atoms with Crippen LogP contribution in [0.4, 0.5) is 11.4 Å². The highest BCUT2D eigenvalue weighted by molar-refractivity contribution is 6.05. The van der Waals surface area contributed by atoms with Crippen LogP contribution in [0.3, 0.4) is 0 Å². The van der Waals surface area contributed by atoms with Crippen LogP contribution in [0.25, 0.3) is 11.0 Å². The van der Waals surface area contributed by atoms with Gasteiger partial charge in [-0.25, -0.2) is 4.99 Å². The number of hydrogen-bond donors (Lipinski definition) is 1. The van der Waals surface area contributed by atoms with E-state index >= 15 is 0 Å². The maximum atomic E-state index is 13.4. The Morgan fingerprint density at radius 1 is 0.944 bits per heavy atom. The van der Waals surface area contributed by atoms with E-state index in [9.17, 15) is 14.7 Å². The molecule has 3 aromatic carbocycles. The molecule has 0 radical (unpaired) electrons. The van der Waals surface area contributed by atoms with Crippen LogP contribution in [0, 0.1) is 0 Å². The monoisotopic (exact) mass is 487 g/mol. The summed E-state index contributed by atoms with van der Waals surface area (Å²) in [5.74, 6) is -0.285. The summed E-state index contributed by atoms with van der Waals surface area (Å²) in [7, 11) is 3.03. The number of aromatic carboxylic acids is 1. The topological polar surface area (TPSA) is 122 Å². The maximum Gasteiger partial charge on any atom is 0.261 e. The van der Waals surface area contributed by atoms with E-state index in [0.717, 1.165) is 0 Å². The SMILES string of the molecule is CCOc1cccc2cc(C(=O)Nc3ccc(OC)c(OC)c3)c(=Nc3ccc(C(=O)[O-])cc3)oc12. The standard InChI is InChI=1S/C27H24N2O7/c1-4-35-22-7-5-6-17-14-20(25(30)28-19-12-13-21(33-2)23(15-19)34-3)26(36-24(17)22)29-18-10-8-16(9-11-18)27(31)32/h5-15H,4H2,1-3H3,(H,28,30)(H,31,32)/p-1. The van der Waals surface area contributed by atoms with Crippen LogP contribution in [0.1, 0.15) is 27.6 Å². The van der Waals surface area contributed by atoms with Crippen molar-refractivity contribution in [3.63, 3.8) is 0 Å². The first-order chi connectivity index (χ1) is 17.4. The number of amides is 1. The lowest BCUT2D eigenvalue weighted by atomic mass is 10.1. The number of ether oxygens (including phenoxy) is 3. The number of carboxylic acid groups (broad SMARTS) is 1. The van der Waals surface area contributed by atoms with Crippen molar-refractivity contribution >= 4 is 34.2 Å². The van der Waals surface area contributed by atoms with Crippen molar-refractivity contribution in [2.75, 3.05) is 26.1 Å². The fourth-order valence-corrected chi connectivity index (χ4v) is 3.54. The number of para-hydroxylation sites is 1. The summed E-state index contributed by atoms with van der Waals surface area (Å²) in [6.07, 6.45) is 0. The van der Waals surface area contributed by atoms with Gasteiger partial charge in [0, 0.05) is 17.1 Å². The zero-order valence-electron chi connectivity index (χ0n) is 19.9. The second kappa shape index (κ2) is 10.6. The van der Waals surface area contributed by atoms with Gasteiger partial charge in [-0.1, -0.05) is 24.3 Å². The maximum absolute atomic E-state index is 13.4. The zero-order chi connectivity index (χ0) is 25.7. The molecule has 0 aliphatic heterocycles. The molecule has 1 aromatic heterocycles. The third kappa shape index (κ3) is 5.15. The number of carboxylic acids is 1. The van der Waals surface area contributed by atoms with E-state index in [-0.39, 0.29) is 16.7 Å². The first kappa shape index (κ1) is 24.3. The van der Waals surface area contributed by atoms with Crippen molar-refractivity contribution in [1.29, 1.82) is 0 Å². The summed E-state index contributed by atoms with van der Waals surface area (Å²) < 4.78 is 22.3. The highest BCUT2D eigenvalue weighted by Gasteiger charge is 2.16. The Balaban J connectivity index is 1.83. The fourth-order valence-electron chi connectivity index (χ4n) is 3.54. The van der Waals surface area contributed by atoms with E-state index in [0.29, 0.717) is 46.2 Å². The van der Waals surface area contributed by atoms with Crippen LogP contribution in [0.2, 0.25) is 0 Å². The molecule has 0 saturated carbocycles. The van der Waals surface area contributed by atoms with Gasteiger partial charge < -0.3 is 33.8 Å². The number of benzene rings is 3. The Bertz CT molecular complexity index is 1490. The van der Waals surface area contributed by atoms with Gasteiger partial charge in [0.05, 0.1) is 32.5 Å². The van der Waals surface area contributed by atoms with Gasteiger partial charge in [0.25, 0.3) is 5.91 Å². The van der Waals surface area contributed by atoms with Crippen LogP contribution >= 0.6 is 0 Å². The number of anilines is 1. The van der Waals surface area contributed by atoms with Gasteiger partial charge in [0.15, 0.2) is 22.8 Å². The molecule has 0 aliphatic rings. The van der Waals surface area contributed by atoms with E-state index in [1.807, 2.05) is 6.92 Å². The van der Waals surface area contributed by atoms with Gasteiger partial charge in [-0.05, 0) is 48.9 Å². The molecule has 0 atom stereocenters. The average Bonchev–Trinajstić information content (AvgIpc) is 2.89. The lowest BCUT2D eigenvalue weighted by Crippen LogP contribution is -2.22. The molecule has 1 amide bonds. The summed E-state index contributed by atoms with van der Waals surface area (Å²) in [5.41, 5.74) is 1.48. The molecule has 4 rings (SSSR count). The third-order valence-corrected chi connectivity index (χ3v) is 5.26. The van der Waals surface area contributed by atoms with Gasteiger partial charge in [-0.15, -0.1) is 0 Å². The second-order valence-corrected chi connectivity index (χ2v) is 7.54. The summed E-state index contributed by atoms with van der Waals surface area (Å²) in [6, 6.07) is 17.7. The molecule has 9 heteroatoms. The minimum atomic E-state index is -1.30. The van der Waals surface area contributed by atoms with Crippen molar-refractivity contribution < 1.29 is 33.3 Å². The largest absolute Gasteiger partial charge is 0.545 e. The highest BCUT2D eigenvalue weighted by Crippen LogP contribution is 2.30. The van der Waals surface area contributed by atoms with Gasteiger partial charge in [0.1, 0.15) is 5.56 Å². The number of nitrogens with one attached hydrogen (secondary N) is 1. The highest BCUT2D eigenvalue weighted by atomic mass is 16.5. The Morgan fingerprint density at radius 3 is 2.36 bits per heavy atom. The Hall–Kier alpha value is -4.79. The summed E-state index contributed by atoms with van der Waals surface area (Å²) in [6.45, 7) is 2.28. The number of fused-ring (bicyclic) bond motifs is 1. The van der Waals surface area contributed by atoms with Gasteiger partial charge >= 0.3 is 0 Å². The van der Waals surface area contributed by atoms with Crippen LogP contribution < -0.4 is 30.2 Å². The molecular weight excluding hydrogens is 464 g/mol. The van der Waals surface area contributed by atoms with E-state index in [1.54, 1.807) is 42.5 Å². The Labute approximate surface area is 206 Å². The first-order valence-corrected chi connectivity index (χ1v) is 11.0. The van der Waals surface area contributed by atoms with E-state index < -0.39 is 11.9 Å². The molecule has 0 aliphatic carbocycles. The zero-order valence-corrected chi connectivity index (χ0v) is 19.9. The predicted molar refractivity (Wildman–Crippen MR) is 131 cm³/mol. The number of rotatable bonds is 8. The molecule has 0 bridgehead atoms. The van der Waals surface area contributed by atoms with Crippen molar-refractivity contribution in [3.05, 3.63) is 83.4 Å². The van der Waals surface area contributed by atoms with Crippen molar-refractivity contribution in [2.24, 2.45) is 4.99 Å². The van der Waals surface area contributed by atoms with Crippen LogP contribution in [-0.4, -0.2) is 32.7 Å². The molecule has 0 spiro atoms. The Kier molecular flexibility index (Phi) is 7.20. The second-order valence-electron chi connectivity index (χ2n) is 7.54. The minimum Gasteiger partial charge on any atom is -0.545 e. The number of methoxy groups -OCH3 is 2. The van der Waals surface area contributed by atoms with Crippen molar-refractivity contribution in [1.82, 2.24) is 0 Å². The normalized spacial score (nSPS) is 11.2. The molecule has 184 valence electrons. The van der Waals surface area contributed by atoms with Crippen molar-refractivity contribution in [2.45, 2.75) is 6.92 Å². The molecule has 36 heavy (non-hydrogen) atoms. The fraction of sp³-hybridized carbons (Fsp3) is 0.148. The molecule has 4 aromatic rings. The molecule has 1 heterocycles. The first-order valence-electron chi connectivity index (χ1n) is 11.0. The average molecular weight is 487 g/mol. The van der Waals surface area contributed by atoms with E-state index in [1.165, 1.54) is 38.5 Å². The molecular formula is C27H23N2O7-. The minimum absolute atomic E-state index is 0.00875. The molecule has 0 saturated heterocycles. The Morgan fingerprint density at radius 2 is 1.69 bits per heavy atom. The summed E-state index contributed by atoms with van der Waals surface area (Å²) >= 11 is 0. The van der Waals surface area contributed by atoms with Crippen LogP contribution in [0.15, 0.2) is 76.1 Å². The molecule has 1 N–H and O–H groups in total. The quantitative estimate of drug-likeness (QED) is 0.402. The summed E-state index contributed by atoms with van der Waals surface area (Å²) in [5, 5.41) is 14.5. The molecule has 0 fully saturated rings. The number of carbonyl (C=O) groups excluding carboxylic acids is 2. The number of carbonyl (C=O) groups is 2. The predicted octanol–water partition coefficient (Wildman–Crippen LogP) is 3.70. The van der Waals surface area contributed by atoms with Crippen LogP contribution in [-0.2, 0) is 0 Å². The van der Waals surface area contributed by atoms with Gasteiger partial charge in [-0.2, -0.15) is 0 Å².